The maximum atomic E-state index is 12.4. The molecular formula is C21H31N7OS. The second kappa shape index (κ2) is 10.9. The van der Waals surface area contributed by atoms with Crippen molar-refractivity contribution < 1.29 is 4.79 Å². The van der Waals surface area contributed by atoms with Gasteiger partial charge >= 0.3 is 0 Å². The van der Waals surface area contributed by atoms with E-state index < -0.39 is 0 Å². The summed E-state index contributed by atoms with van der Waals surface area (Å²) in [7, 11) is 0. The van der Waals surface area contributed by atoms with Gasteiger partial charge in [0.05, 0.1) is 0 Å². The number of carbonyl (C=O) groups is 1. The lowest BCUT2D eigenvalue weighted by Gasteiger charge is -2.36. The van der Waals surface area contributed by atoms with Gasteiger partial charge in [0, 0.05) is 56.4 Å². The van der Waals surface area contributed by atoms with Crippen molar-refractivity contribution >= 4 is 34.2 Å². The van der Waals surface area contributed by atoms with Crippen molar-refractivity contribution in [2.75, 3.05) is 49.5 Å². The number of nitrogens with one attached hydrogen (secondary N) is 2. The minimum Gasteiger partial charge on any atom is -0.357 e. The molecule has 1 fully saturated rings. The molecule has 1 aliphatic heterocycles. The van der Waals surface area contributed by atoms with E-state index in [9.17, 15) is 4.79 Å². The maximum absolute atomic E-state index is 12.4. The smallest absolute Gasteiger partial charge is 0.246 e. The predicted octanol–water partition coefficient (Wildman–Crippen LogP) is 2.39. The number of aromatic nitrogens is 2. The Bertz CT molecular complexity index is 859. The number of hydrogen-bond acceptors (Lipinski definition) is 6. The molecule has 1 amide bonds. The zero-order valence-electron chi connectivity index (χ0n) is 18.0. The molecule has 0 aliphatic carbocycles. The van der Waals surface area contributed by atoms with Crippen molar-refractivity contribution in [1.29, 1.82) is 0 Å². The molecule has 2 N–H and O–H groups in total. The molecule has 0 spiro atoms. The highest BCUT2D eigenvalue weighted by atomic mass is 32.1. The van der Waals surface area contributed by atoms with E-state index in [0.717, 1.165) is 68.2 Å². The lowest BCUT2D eigenvalue weighted by molar-refractivity contribution is -0.114. The van der Waals surface area contributed by atoms with E-state index >= 15 is 0 Å². The minimum absolute atomic E-state index is 0.0924. The van der Waals surface area contributed by atoms with Crippen LogP contribution in [0.15, 0.2) is 29.3 Å². The molecule has 1 aliphatic rings. The number of carbonyl (C=O) groups excluding carboxylic acids is 1. The second-order valence-electron chi connectivity index (χ2n) is 7.09. The molecule has 0 unspecified atom stereocenters. The molecule has 0 atom stereocenters. The van der Waals surface area contributed by atoms with Crippen LogP contribution in [-0.4, -0.2) is 65.4 Å². The van der Waals surface area contributed by atoms with Crippen molar-refractivity contribution in [1.82, 2.24) is 19.6 Å². The second-order valence-corrected chi connectivity index (χ2v) is 7.82. The van der Waals surface area contributed by atoms with Crippen molar-refractivity contribution in [3.8, 4) is 0 Å². The average molecular weight is 430 g/mol. The zero-order chi connectivity index (χ0) is 21.3. The molecule has 0 saturated carbocycles. The van der Waals surface area contributed by atoms with Crippen LogP contribution in [0.4, 0.5) is 10.8 Å². The number of aryl methyl sites for hydroxylation is 2. The highest BCUT2D eigenvalue weighted by Gasteiger charge is 2.22. The molecule has 1 aromatic carbocycles. The van der Waals surface area contributed by atoms with Gasteiger partial charge in [0.25, 0.3) is 0 Å². The van der Waals surface area contributed by atoms with Gasteiger partial charge in [0.1, 0.15) is 12.4 Å². The van der Waals surface area contributed by atoms with Gasteiger partial charge in [0.2, 0.25) is 11.0 Å². The Balaban J connectivity index is 1.55. The van der Waals surface area contributed by atoms with E-state index in [2.05, 4.69) is 54.7 Å². The Morgan fingerprint density at radius 1 is 1.17 bits per heavy atom. The first-order valence-electron chi connectivity index (χ1n) is 10.6. The fourth-order valence-corrected chi connectivity index (χ4v) is 4.07. The summed E-state index contributed by atoms with van der Waals surface area (Å²) in [6.45, 7) is 10.4. The normalized spacial score (nSPS) is 14.7. The van der Waals surface area contributed by atoms with Gasteiger partial charge in [-0.25, -0.2) is 9.98 Å². The molecule has 8 nitrogen and oxygen atoms in total. The standard InChI is InChI=1S/C21H31N7OS/c1-4-16-8-7-9-17(14-16)24-19(29)15-23-20(22-6-3)27-10-12-28(13-11-27)21-25-18(5-2)26-30-21/h7-9,14H,4-6,10-13,15H2,1-3H3,(H,22,23)(H,24,29). The lowest BCUT2D eigenvalue weighted by atomic mass is 10.1. The molecule has 30 heavy (non-hydrogen) atoms. The predicted molar refractivity (Wildman–Crippen MR) is 124 cm³/mol. The summed E-state index contributed by atoms with van der Waals surface area (Å²) in [4.78, 5) is 26.0. The van der Waals surface area contributed by atoms with Gasteiger partial charge in [-0.15, -0.1) is 0 Å². The Hall–Kier alpha value is -2.68. The van der Waals surface area contributed by atoms with Gasteiger partial charge in [0.15, 0.2) is 5.96 Å². The first kappa shape index (κ1) is 22.0. The van der Waals surface area contributed by atoms with Crippen LogP contribution in [-0.2, 0) is 17.6 Å². The number of rotatable bonds is 7. The van der Waals surface area contributed by atoms with Crippen LogP contribution in [0, 0.1) is 0 Å². The van der Waals surface area contributed by atoms with Gasteiger partial charge in [-0.2, -0.15) is 4.37 Å². The van der Waals surface area contributed by atoms with Gasteiger partial charge in [-0.3, -0.25) is 4.79 Å². The van der Waals surface area contributed by atoms with Crippen molar-refractivity contribution in [2.45, 2.75) is 33.6 Å². The third-order valence-electron chi connectivity index (χ3n) is 4.95. The summed E-state index contributed by atoms with van der Waals surface area (Å²) >= 11 is 1.47. The van der Waals surface area contributed by atoms with E-state index in [0.29, 0.717) is 0 Å². The summed E-state index contributed by atoms with van der Waals surface area (Å²) in [6, 6.07) is 7.93. The van der Waals surface area contributed by atoms with Crippen molar-refractivity contribution in [2.24, 2.45) is 4.99 Å². The number of amides is 1. The van der Waals surface area contributed by atoms with Crippen LogP contribution in [0.2, 0.25) is 0 Å². The Morgan fingerprint density at radius 3 is 2.63 bits per heavy atom. The minimum atomic E-state index is -0.113. The monoisotopic (exact) mass is 429 g/mol. The van der Waals surface area contributed by atoms with Crippen LogP contribution in [0.25, 0.3) is 0 Å². The van der Waals surface area contributed by atoms with E-state index in [1.54, 1.807) is 0 Å². The summed E-state index contributed by atoms with van der Waals surface area (Å²) in [5, 5.41) is 7.24. The molecular weight excluding hydrogens is 398 g/mol. The molecule has 2 heterocycles. The molecule has 1 aromatic heterocycles. The van der Waals surface area contributed by atoms with Crippen LogP contribution in [0.3, 0.4) is 0 Å². The third kappa shape index (κ3) is 5.91. The highest BCUT2D eigenvalue weighted by molar-refractivity contribution is 7.09. The van der Waals surface area contributed by atoms with Crippen molar-refractivity contribution in [3.63, 3.8) is 0 Å². The van der Waals surface area contributed by atoms with Gasteiger partial charge < -0.3 is 20.4 Å². The SMILES string of the molecule is CCNC(=NCC(=O)Nc1cccc(CC)c1)N1CCN(c2nc(CC)ns2)CC1. The maximum Gasteiger partial charge on any atom is 0.246 e. The van der Waals surface area contributed by atoms with E-state index in [1.807, 2.05) is 25.1 Å². The molecule has 162 valence electrons. The molecule has 1 saturated heterocycles. The number of benzene rings is 1. The third-order valence-corrected chi connectivity index (χ3v) is 5.76. The summed E-state index contributed by atoms with van der Waals surface area (Å²) in [6.07, 6.45) is 1.80. The van der Waals surface area contributed by atoms with Crippen LogP contribution in [0.1, 0.15) is 32.2 Å². The topological polar surface area (TPSA) is 85.8 Å². The Labute approximate surface area is 182 Å². The zero-order valence-corrected chi connectivity index (χ0v) is 18.8. The summed E-state index contributed by atoms with van der Waals surface area (Å²) < 4.78 is 4.38. The number of nitrogens with zero attached hydrogens (tertiary/aromatic N) is 5. The number of piperazine rings is 1. The van der Waals surface area contributed by atoms with Crippen molar-refractivity contribution in [3.05, 3.63) is 35.7 Å². The van der Waals surface area contributed by atoms with Gasteiger partial charge in [-0.05, 0) is 31.0 Å². The van der Waals surface area contributed by atoms with Crippen LogP contribution in [0.5, 0.6) is 0 Å². The lowest BCUT2D eigenvalue weighted by Crippen LogP contribution is -2.52. The molecule has 0 radical (unpaired) electrons. The quantitative estimate of drug-likeness (QED) is 0.519. The first-order valence-corrected chi connectivity index (χ1v) is 11.4. The van der Waals surface area contributed by atoms with Gasteiger partial charge in [-0.1, -0.05) is 26.0 Å². The molecule has 2 aromatic rings. The Morgan fingerprint density at radius 2 is 1.97 bits per heavy atom. The number of anilines is 2. The fraction of sp³-hybridized carbons (Fsp3) is 0.524. The average Bonchev–Trinajstić information content (AvgIpc) is 3.26. The number of hydrogen-bond donors (Lipinski definition) is 2. The number of guanidine groups is 1. The highest BCUT2D eigenvalue weighted by Crippen LogP contribution is 2.19. The largest absolute Gasteiger partial charge is 0.357 e. The van der Waals surface area contributed by atoms with E-state index in [1.165, 1.54) is 17.1 Å². The summed E-state index contributed by atoms with van der Waals surface area (Å²) in [5.41, 5.74) is 2.01. The fourth-order valence-electron chi connectivity index (χ4n) is 3.27. The Kier molecular flexibility index (Phi) is 8.01. The molecule has 9 heteroatoms. The molecule has 3 rings (SSSR count). The molecule has 0 bridgehead atoms. The summed E-state index contributed by atoms with van der Waals surface area (Å²) in [5.74, 6) is 1.57. The number of aliphatic imine (C=N–C) groups is 1. The van der Waals surface area contributed by atoms with Crippen LogP contribution < -0.4 is 15.5 Å². The van der Waals surface area contributed by atoms with E-state index in [-0.39, 0.29) is 12.5 Å². The van der Waals surface area contributed by atoms with Crippen LogP contribution >= 0.6 is 11.5 Å². The first-order chi connectivity index (χ1) is 14.6. The van der Waals surface area contributed by atoms with E-state index in [4.69, 9.17) is 0 Å².